The van der Waals surface area contributed by atoms with Crippen molar-refractivity contribution in [2.45, 2.75) is 19.4 Å². The second-order valence-corrected chi connectivity index (χ2v) is 8.62. The number of ether oxygens (including phenoxy) is 1. The van der Waals surface area contributed by atoms with Gasteiger partial charge in [-0.15, -0.1) is 15.3 Å². The maximum atomic E-state index is 12.2. The van der Waals surface area contributed by atoms with Crippen LogP contribution in [-0.2, 0) is 16.0 Å². The zero-order valence-corrected chi connectivity index (χ0v) is 17.6. The third-order valence-electron chi connectivity index (χ3n) is 4.30. The van der Waals surface area contributed by atoms with Crippen LogP contribution in [0.1, 0.15) is 23.6 Å². The lowest BCUT2D eigenvalue weighted by molar-refractivity contribution is -0.116. The van der Waals surface area contributed by atoms with Crippen LogP contribution in [0.15, 0.2) is 30.3 Å². The Morgan fingerprint density at radius 2 is 1.83 bits per heavy atom. The van der Waals surface area contributed by atoms with E-state index in [0.29, 0.717) is 20.5 Å². The number of aromatic nitrogens is 4. The lowest BCUT2D eigenvalue weighted by atomic mass is 9.97. The first-order chi connectivity index (χ1) is 14.6. The molecule has 0 radical (unpaired) electrons. The number of anilines is 2. The second kappa shape index (κ2) is 9.24. The Morgan fingerprint density at radius 1 is 1.10 bits per heavy atom. The first kappa shape index (κ1) is 20.3. The molecule has 1 atom stereocenters. The molecule has 2 aromatic heterocycles. The van der Waals surface area contributed by atoms with E-state index < -0.39 is 0 Å². The molecule has 1 aliphatic heterocycles. The summed E-state index contributed by atoms with van der Waals surface area (Å²) in [5, 5.41) is 26.5. The minimum Gasteiger partial charge on any atom is -0.458 e. The fourth-order valence-corrected chi connectivity index (χ4v) is 4.34. The standard InChI is InChI=1S/C18H19N7O3S2/c1-10(26)20-16-23-22-15(29-16)14(12-8-19-9-12)28-18-25-24-17(30-18)21-13(27)7-11-5-3-2-4-6-11/h2-6,12,14,19H,7-9H2,1H3,(H,20,23,26)(H,21,24,27). The molecule has 1 fully saturated rings. The largest absolute Gasteiger partial charge is 0.458 e. The molecule has 3 N–H and O–H groups in total. The Hall–Kier alpha value is -2.96. The molecule has 1 aliphatic rings. The van der Waals surface area contributed by atoms with Gasteiger partial charge >= 0.3 is 0 Å². The second-order valence-electron chi connectivity index (χ2n) is 6.67. The molecule has 30 heavy (non-hydrogen) atoms. The summed E-state index contributed by atoms with van der Waals surface area (Å²) >= 11 is 2.42. The first-order valence-electron chi connectivity index (χ1n) is 9.22. The zero-order chi connectivity index (χ0) is 20.9. The molecule has 3 heterocycles. The Bertz CT molecular complexity index is 1020. The van der Waals surface area contributed by atoms with Crippen LogP contribution in [0.3, 0.4) is 0 Å². The average molecular weight is 446 g/mol. The van der Waals surface area contributed by atoms with E-state index in [1.807, 2.05) is 30.3 Å². The number of nitrogens with one attached hydrogen (secondary N) is 3. The van der Waals surface area contributed by atoms with Gasteiger partial charge in [0.05, 0.1) is 6.42 Å². The van der Waals surface area contributed by atoms with Crippen molar-refractivity contribution < 1.29 is 14.3 Å². The van der Waals surface area contributed by atoms with Gasteiger partial charge in [-0.3, -0.25) is 9.59 Å². The van der Waals surface area contributed by atoms with Crippen LogP contribution in [0.4, 0.5) is 10.3 Å². The third-order valence-corrected chi connectivity index (χ3v) is 5.93. The fourth-order valence-electron chi connectivity index (χ4n) is 2.79. The van der Waals surface area contributed by atoms with Crippen LogP contribution in [0, 0.1) is 5.92 Å². The average Bonchev–Trinajstić information content (AvgIpc) is 3.29. The minimum absolute atomic E-state index is 0.173. The van der Waals surface area contributed by atoms with E-state index in [1.54, 1.807) is 0 Å². The van der Waals surface area contributed by atoms with Crippen molar-refractivity contribution in [2.24, 2.45) is 5.92 Å². The number of benzene rings is 1. The summed E-state index contributed by atoms with van der Waals surface area (Å²) in [5.74, 6) is -0.184. The minimum atomic E-state index is -0.368. The Labute approximate surface area is 180 Å². The summed E-state index contributed by atoms with van der Waals surface area (Å²) < 4.78 is 6.05. The molecule has 1 aromatic carbocycles. The summed E-state index contributed by atoms with van der Waals surface area (Å²) in [7, 11) is 0. The van der Waals surface area contributed by atoms with E-state index in [2.05, 4.69) is 36.3 Å². The molecule has 0 bridgehead atoms. The van der Waals surface area contributed by atoms with Crippen molar-refractivity contribution in [2.75, 3.05) is 23.7 Å². The number of amides is 2. The Balaban J connectivity index is 1.40. The first-order valence-corrected chi connectivity index (χ1v) is 10.9. The van der Waals surface area contributed by atoms with Crippen molar-refractivity contribution in [3.8, 4) is 5.19 Å². The van der Waals surface area contributed by atoms with Crippen molar-refractivity contribution in [3.63, 3.8) is 0 Å². The zero-order valence-electron chi connectivity index (χ0n) is 16.0. The number of hydrogen-bond donors (Lipinski definition) is 3. The SMILES string of the molecule is CC(=O)Nc1nnc(C(Oc2nnc(NC(=O)Cc3ccccc3)s2)C2CNC2)s1. The van der Waals surface area contributed by atoms with Gasteiger partial charge in [-0.05, 0) is 16.9 Å². The quantitative estimate of drug-likeness (QED) is 0.479. The van der Waals surface area contributed by atoms with Gasteiger partial charge in [0, 0.05) is 25.9 Å². The van der Waals surface area contributed by atoms with Gasteiger partial charge in [-0.1, -0.05) is 46.8 Å². The highest BCUT2D eigenvalue weighted by molar-refractivity contribution is 7.17. The van der Waals surface area contributed by atoms with E-state index in [1.165, 1.54) is 18.3 Å². The molecule has 10 nitrogen and oxygen atoms in total. The van der Waals surface area contributed by atoms with Crippen molar-refractivity contribution in [1.29, 1.82) is 0 Å². The molecule has 12 heteroatoms. The van der Waals surface area contributed by atoms with E-state index in [9.17, 15) is 9.59 Å². The summed E-state index contributed by atoms with van der Waals surface area (Å²) in [6.45, 7) is 2.97. The molecule has 0 aliphatic carbocycles. The van der Waals surface area contributed by atoms with E-state index in [4.69, 9.17) is 4.74 Å². The molecule has 3 aromatic rings. The lowest BCUT2D eigenvalue weighted by Crippen LogP contribution is -2.46. The van der Waals surface area contributed by atoms with Crippen LogP contribution in [0.5, 0.6) is 5.19 Å². The van der Waals surface area contributed by atoms with Crippen LogP contribution < -0.4 is 20.7 Å². The highest BCUT2D eigenvalue weighted by atomic mass is 32.1. The molecular formula is C18H19N7O3S2. The number of nitrogens with zero attached hydrogens (tertiary/aromatic N) is 4. The molecule has 156 valence electrons. The van der Waals surface area contributed by atoms with Crippen molar-refractivity contribution in [3.05, 3.63) is 40.9 Å². The highest BCUT2D eigenvalue weighted by Crippen LogP contribution is 2.35. The maximum Gasteiger partial charge on any atom is 0.296 e. The molecule has 0 spiro atoms. The monoisotopic (exact) mass is 445 g/mol. The fraction of sp³-hybridized carbons (Fsp3) is 0.333. The predicted octanol–water partition coefficient (Wildman–Crippen LogP) is 1.87. The Morgan fingerprint density at radius 3 is 2.53 bits per heavy atom. The number of rotatable bonds is 8. The molecular weight excluding hydrogens is 426 g/mol. The highest BCUT2D eigenvalue weighted by Gasteiger charge is 2.34. The number of carbonyl (C=O) groups is 2. The van der Waals surface area contributed by atoms with Gasteiger partial charge in [0.15, 0.2) is 11.1 Å². The normalized spacial score (nSPS) is 14.6. The van der Waals surface area contributed by atoms with Gasteiger partial charge in [0.25, 0.3) is 5.19 Å². The van der Waals surface area contributed by atoms with Gasteiger partial charge in [-0.25, -0.2) is 0 Å². The van der Waals surface area contributed by atoms with Crippen LogP contribution in [0.2, 0.25) is 0 Å². The van der Waals surface area contributed by atoms with Crippen LogP contribution >= 0.6 is 22.7 Å². The van der Waals surface area contributed by atoms with E-state index in [-0.39, 0.29) is 30.3 Å². The molecule has 2 amide bonds. The van der Waals surface area contributed by atoms with Crippen LogP contribution in [-0.4, -0.2) is 45.3 Å². The van der Waals surface area contributed by atoms with Gasteiger partial charge < -0.3 is 20.7 Å². The summed E-state index contributed by atoms with van der Waals surface area (Å²) in [6, 6.07) is 9.46. The smallest absolute Gasteiger partial charge is 0.296 e. The predicted molar refractivity (Wildman–Crippen MR) is 113 cm³/mol. The van der Waals surface area contributed by atoms with E-state index >= 15 is 0 Å². The summed E-state index contributed by atoms with van der Waals surface area (Å²) in [5.41, 5.74) is 0.916. The van der Waals surface area contributed by atoms with Gasteiger partial charge in [0.1, 0.15) is 0 Å². The van der Waals surface area contributed by atoms with Gasteiger partial charge in [0.2, 0.25) is 22.1 Å². The topological polar surface area (TPSA) is 131 Å². The molecule has 4 rings (SSSR count). The van der Waals surface area contributed by atoms with Crippen LogP contribution in [0.25, 0.3) is 0 Å². The van der Waals surface area contributed by atoms with Crippen molar-refractivity contribution in [1.82, 2.24) is 25.7 Å². The molecule has 1 unspecified atom stereocenters. The number of carbonyl (C=O) groups excluding carboxylic acids is 2. The van der Waals surface area contributed by atoms with Gasteiger partial charge in [-0.2, -0.15) is 0 Å². The molecule has 1 saturated heterocycles. The lowest BCUT2D eigenvalue weighted by Gasteiger charge is -2.32. The summed E-state index contributed by atoms with van der Waals surface area (Å²) in [4.78, 5) is 23.4. The van der Waals surface area contributed by atoms with E-state index in [0.717, 1.165) is 30.0 Å². The maximum absolute atomic E-state index is 12.2. The van der Waals surface area contributed by atoms with Crippen molar-refractivity contribution >= 4 is 44.8 Å². The Kier molecular flexibility index (Phi) is 6.26. The summed E-state index contributed by atoms with van der Waals surface area (Å²) in [6.07, 6.45) is -0.115. The molecule has 0 saturated carbocycles. The third kappa shape index (κ3) is 5.14. The number of hydrogen-bond acceptors (Lipinski definition) is 10.